The topological polar surface area (TPSA) is 24.1 Å². The molecule has 2 nitrogen and oxygen atoms in total. The van der Waals surface area contributed by atoms with Crippen LogP contribution in [0.1, 0.15) is 24.8 Å². The summed E-state index contributed by atoms with van der Waals surface area (Å²) in [5, 5.41) is 6.18. The van der Waals surface area contributed by atoms with Gasteiger partial charge in [-0.15, -0.1) is 0 Å². The van der Waals surface area contributed by atoms with Gasteiger partial charge in [0.15, 0.2) is 0 Å². The smallest absolute Gasteiger partial charge is 0.342 e. The Balaban J connectivity index is 1.86. The first-order chi connectivity index (χ1) is 11.8. The number of benzene rings is 2. The molecule has 3 rings (SSSR count). The Bertz CT molecular complexity index is 792. The molecule has 0 unspecified atom stereocenters. The summed E-state index contributed by atoms with van der Waals surface area (Å²) in [4.78, 5) is 0. The van der Waals surface area contributed by atoms with Gasteiger partial charge in [0.1, 0.15) is 11.6 Å². The lowest BCUT2D eigenvalue weighted by molar-refractivity contribution is -0.138. The monoisotopic (exact) mass is 414 g/mol. The van der Waals surface area contributed by atoms with Crippen molar-refractivity contribution in [2.75, 3.05) is 10.6 Å². The van der Waals surface area contributed by atoms with Crippen molar-refractivity contribution >= 4 is 27.3 Å². The maximum absolute atomic E-state index is 13.1. The highest BCUT2D eigenvalue weighted by atomic mass is 79.9. The lowest BCUT2D eigenvalue weighted by Crippen LogP contribution is -2.17. The summed E-state index contributed by atoms with van der Waals surface area (Å²) in [6, 6.07) is 9.82. The van der Waals surface area contributed by atoms with Crippen LogP contribution in [0.25, 0.3) is 0 Å². The van der Waals surface area contributed by atoms with Crippen LogP contribution >= 0.6 is 15.9 Å². The van der Waals surface area contributed by atoms with Crippen LogP contribution in [-0.2, 0) is 6.18 Å². The Morgan fingerprint density at radius 2 is 1.52 bits per heavy atom. The zero-order valence-corrected chi connectivity index (χ0v) is 14.6. The van der Waals surface area contributed by atoms with Crippen molar-refractivity contribution in [3.05, 3.63) is 69.7 Å². The Morgan fingerprint density at radius 1 is 0.920 bits per heavy atom. The number of alkyl halides is 3. The fourth-order valence-electron chi connectivity index (χ4n) is 2.45. The van der Waals surface area contributed by atoms with Crippen LogP contribution < -0.4 is 10.6 Å². The molecule has 1 aliphatic rings. The van der Waals surface area contributed by atoms with Crippen molar-refractivity contribution in [1.29, 1.82) is 0 Å². The maximum Gasteiger partial charge on any atom is 0.417 e. The van der Waals surface area contributed by atoms with Gasteiger partial charge in [0.05, 0.1) is 5.56 Å². The second-order valence-electron chi connectivity index (χ2n) is 5.78. The number of rotatable bonds is 4. The van der Waals surface area contributed by atoms with E-state index in [2.05, 4.69) is 26.6 Å². The van der Waals surface area contributed by atoms with Gasteiger partial charge in [-0.05, 0) is 67.3 Å². The van der Waals surface area contributed by atoms with Crippen molar-refractivity contribution in [1.82, 2.24) is 0 Å². The number of hydrogen-bond donors (Lipinski definition) is 2. The highest BCUT2D eigenvalue weighted by Crippen LogP contribution is 2.37. The van der Waals surface area contributed by atoms with Gasteiger partial charge in [-0.3, -0.25) is 0 Å². The second-order valence-corrected chi connectivity index (χ2v) is 6.64. The number of hydrogen-bond acceptors (Lipinski definition) is 2. The van der Waals surface area contributed by atoms with Gasteiger partial charge in [0.25, 0.3) is 0 Å². The van der Waals surface area contributed by atoms with Gasteiger partial charge in [0.2, 0.25) is 0 Å². The average Bonchev–Trinajstić information content (AvgIpc) is 2.48. The summed E-state index contributed by atoms with van der Waals surface area (Å²) in [7, 11) is 0. The standard InChI is InChI=1S/C18H15BrF4N2/c19-16-9-8-14(10-15(16)18(21,22)23)25-17(11-2-1-3-11)24-13-6-4-12(20)5-7-13/h4-10,24-25H,1-3H2. The second kappa shape index (κ2) is 7.07. The summed E-state index contributed by atoms with van der Waals surface area (Å²) in [6.45, 7) is 0. The van der Waals surface area contributed by atoms with E-state index in [4.69, 9.17) is 0 Å². The molecule has 7 heteroatoms. The van der Waals surface area contributed by atoms with Gasteiger partial charge in [0, 0.05) is 15.8 Å². The molecule has 0 aliphatic heterocycles. The number of halogens is 5. The third-order valence-electron chi connectivity index (χ3n) is 3.97. The van der Waals surface area contributed by atoms with E-state index in [-0.39, 0.29) is 10.3 Å². The summed E-state index contributed by atoms with van der Waals surface area (Å²) < 4.78 is 52.2. The molecule has 0 atom stereocenters. The molecular weight excluding hydrogens is 400 g/mol. The summed E-state index contributed by atoms with van der Waals surface area (Å²) >= 11 is 2.94. The third-order valence-corrected chi connectivity index (χ3v) is 4.66. The first kappa shape index (κ1) is 17.8. The van der Waals surface area contributed by atoms with E-state index in [1.54, 1.807) is 18.2 Å². The van der Waals surface area contributed by atoms with Crippen molar-refractivity contribution in [3.63, 3.8) is 0 Å². The van der Waals surface area contributed by atoms with Crippen molar-refractivity contribution in [3.8, 4) is 0 Å². The summed E-state index contributed by atoms with van der Waals surface area (Å²) in [5.41, 5.74) is 1.36. The molecule has 1 fully saturated rings. The zero-order valence-electron chi connectivity index (χ0n) is 13.1. The van der Waals surface area contributed by atoms with Crippen molar-refractivity contribution in [2.24, 2.45) is 0 Å². The van der Waals surface area contributed by atoms with E-state index >= 15 is 0 Å². The van der Waals surface area contributed by atoms with Crippen LogP contribution in [-0.4, -0.2) is 0 Å². The van der Waals surface area contributed by atoms with Gasteiger partial charge >= 0.3 is 6.18 Å². The summed E-state index contributed by atoms with van der Waals surface area (Å²) in [6.07, 6.45) is -1.65. The minimum atomic E-state index is -4.44. The van der Waals surface area contributed by atoms with Crippen LogP contribution in [0.5, 0.6) is 0 Å². The highest BCUT2D eigenvalue weighted by Gasteiger charge is 2.33. The molecule has 0 bridgehead atoms. The summed E-state index contributed by atoms with van der Waals surface area (Å²) in [5.74, 6) is 0.299. The van der Waals surface area contributed by atoms with E-state index in [0.29, 0.717) is 17.2 Å². The van der Waals surface area contributed by atoms with Gasteiger partial charge < -0.3 is 10.6 Å². The molecule has 132 valence electrons. The predicted molar refractivity (Wildman–Crippen MR) is 93.7 cm³/mol. The number of allylic oxidation sites excluding steroid dienone is 1. The minimum absolute atomic E-state index is 0.00473. The first-order valence-electron chi connectivity index (χ1n) is 7.71. The third kappa shape index (κ3) is 4.34. The minimum Gasteiger partial charge on any atom is -0.342 e. The molecule has 1 saturated carbocycles. The molecular formula is C18H15BrF4N2. The van der Waals surface area contributed by atoms with Crippen LogP contribution in [0.3, 0.4) is 0 Å². The van der Waals surface area contributed by atoms with Gasteiger partial charge in [-0.25, -0.2) is 4.39 Å². The van der Waals surface area contributed by atoms with E-state index in [1.807, 2.05) is 0 Å². The Hall–Kier alpha value is -2.02. The normalized spacial score (nSPS) is 14.0. The fourth-order valence-corrected chi connectivity index (χ4v) is 2.93. The molecule has 0 radical (unpaired) electrons. The van der Waals surface area contributed by atoms with E-state index in [0.717, 1.165) is 30.9 Å². The molecule has 2 aromatic rings. The van der Waals surface area contributed by atoms with E-state index in [1.165, 1.54) is 18.2 Å². The van der Waals surface area contributed by atoms with E-state index < -0.39 is 11.7 Å². The quantitative estimate of drug-likeness (QED) is 0.555. The lowest BCUT2D eigenvalue weighted by Gasteiger charge is -2.24. The van der Waals surface area contributed by atoms with Crippen LogP contribution in [0.4, 0.5) is 28.9 Å². The number of nitrogens with one attached hydrogen (secondary N) is 2. The van der Waals surface area contributed by atoms with Crippen molar-refractivity contribution < 1.29 is 17.6 Å². The van der Waals surface area contributed by atoms with Crippen molar-refractivity contribution in [2.45, 2.75) is 25.4 Å². The lowest BCUT2D eigenvalue weighted by atomic mass is 9.92. The largest absolute Gasteiger partial charge is 0.417 e. The molecule has 0 spiro atoms. The van der Waals surface area contributed by atoms with Gasteiger partial charge in [-0.2, -0.15) is 13.2 Å². The molecule has 2 aromatic carbocycles. The average molecular weight is 415 g/mol. The molecule has 0 heterocycles. The molecule has 1 aliphatic carbocycles. The SMILES string of the molecule is Fc1ccc(NC(Nc2ccc(Br)c(C(F)(F)F)c2)=C2CCC2)cc1. The first-order valence-corrected chi connectivity index (χ1v) is 8.50. The molecule has 2 N–H and O–H groups in total. The fraction of sp³-hybridized carbons (Fsp3) is 0.222. The highest BCUT2D eigenvalue weighted by molar-refractivity contribution is 9.10. The Morgan fingerprint density at radius 3 is 2.08 bits per heavy atom. The molecule has 0 amide bonds. The van der Waals surface area contributed by atoms with Crippen LogP contribution in [0.2, 0.25) is 0 Å². The van der Waals surface area contributed by atoms with Gasteiger partial charge in [-0.1, -0.05) is 15.9 Å². The maximum atomic E-state index is 13.1. The Labute approximate surface area is 151 Å². The zero-order chi connectivity index (χ0) is 18.0. The molecule has 0 aromatic heterocycles. The Kier molecular flexibility index (Phi) is 5.03. The molecule has 0 saturated heterocycles. The van der Waals surface area contributed by atoms with Crippen LogP contribution in [0.15, 0.2) is 58.3 Å². The number of anilines is 2. The van der Waals surface area contributed by atoms with E-state index in [9.17, 15) is 17.6 Å². The van der Waals surface area contributed by atoms with Crippen LogP contribution in [0, 0.1) is 5.82 Å². The molecule has 25 heavy (non-hydrogen) atoms. The predicted octanol–water partition coefficient (Wildman–Crippen LogP) is 6.53.